The topological polar surface area (TPSA) is 79.0 Å². The van der Waals surface area contributed by atoms with Gasteiger partial charge in [-0.25, -0.2) is 4.98 Å². The maximum Gasteiger partial charge on any atom is 0.223 e. The molecule has 1 aromatic heterocycles. The summed E-state index contributed by atoms with van der Waals surface area (Å²) in [6, 6.07) is 8.05. The molecule has 6 nitrogen and oxygen atoms in total. The van der Waals surface area contributed by atoms with Gasteiger partial charge in [0.1, 0.15) is 5.82 Å². The van der Waals surface area contributed by atoms with Crippen molar-refractivity contribution < 1.29 is 9.53 Å². The smallest absolute Gasteiger partial charge is 0.223 e. The summed E-state index contributed by atoms with van der Waals surface area (Å²) in [5, 5.41) is 7.63. The fourth-order valence-corrected chi connectivity index (χ4v) is 4.47. The molecule has 2 aromatic rings. The highest BCUT2D eigenvalue weighted by Gasteiger charge is 2.27. The Bertz CT molecular complexity index is 870. The number of carbonyl (C=O) groups is 1. The summed E-state index contributed by atoms with van der Waals surface area (Å²) in [5.41, 5.74) is 0.997. The van der Waals surface area contributed by atoms with Crippen molar-refractivity contribution in [2.45, 2.75) is 44.6 Å². The molecule has 1 aliphatic carbocycles. The number of para-hydroxylation sites is 1. The number of H-pyrrole nitrogens is 1. The van der Waals surface area contributed by atoms with E-state index in [1.54, 1.807) is 0 Å². The fraction of sp³-hybridized carbons (Fsp3) is 0.571. The van der Waals surface area contributed by atoms with Gasteiger partial charge in [-0.3, -0.25) is 4.79 Å². The third-order valence-corrected chi connectivity index (χ3v) is 6.13. The van der Waals surface area contributed by atoms with Crippen LogP contribution in [0, 0.1) is 16.6 Å². The minimum atomic E-state index is 0.141. The quantitative estimate of drug-likeness (QED) is 0.643. The van der Waals surface area contributed by atoms with Crippen molar-refractivity contribution in [2.24, 2.45) is 11.8 Å². The van der Waals surface area contributed by atoms with E-state index in [4.69, 9.17) is 17.0 Å². The number of aromatic nitrogens is 2. The van der Waals surface area contributed by atoms with Gasteiger partial charge in [0, 0.05) is 31.0 Å². The highest BCUT2D eigenvalue weighted by atomic mass is 32.1. The van der Waals surface area contributed by atoms with Gasteiger partial charge in [0.15, 0.2) is 4.77 Å². The molecule has 1 saturated heterocycles. The SMILES string of the molecule is O=C(NC[C@H]1CCCO1)C1CCC(CNc2nc(=S)[nH]c3ccccc23)CC1. The standard InChI is InChI=1S/C21H28N4O2S/c26-20(23-13-16-4-3-11-27-16)15-9-7-14(8-10-15)12-22-19-17-5-1-2-6-18(17)24-21(28)25-19/h1-2,5-6,14-16H,3-4,7-13H2,(H,23,26)(H2,22,24,25,28)/t14?,15?,16-/m1/s1. The van der Waals surface area contributed by atoms with Crippen LogP contribution >= 0.6 is 12.2 Å². The van der Waals surface area contributed by atoms with Crippen molar-refractivity contribution in [1.29, 1.82) is 0 Å². The average molecular weight is 401 g/mol. The second-order valence-corrected chi connectivity index (χ2v) is 8.30. The zero-order chi connectivity index (χ0) is 19.3. The van der Waals surface area contributed by atoms with Gasteiger partial charge in [-0.1, -0.05) is 12.1 Å². The van der Waals surface area contributed by atoms with Gasteiger partial charge >= 0.3 is 0 Å². The van der Waals surface area contributed by atoms with Crippen LogP contribution in [0.4, 0.5) is 5.82 Å². The Balaban J connectivity index is 1.26. The van der Waals surface area contributed by atoms with Crippen LogP contribution in [-0.4, -0.2) is 41.7 Å². The van der Waals surface area contributed by atoms with Crippen LogP contribution < -0.4 is 10.6 Å². The lowest BCUT2D eigenvalue weighted by molar-refractivity contribution is -0.126. The minimum absolute atomic E-state index is 0.141. The third kappa shape index (κ3) is 4.70. The molecule has 2 fully saturated rings. The van der Waals surface area contributed by atoms with Crippen molar-refractivity contribution in [1.82, 2.24) is 15.3 Å². The second kappa shape index (κ2) is 9.01. The first-order chi connectivity index (χ1) is 13.7. The highest BCUT2D eigenvalue weighted by molar-refractivity contribution is 7.71. The molecule has 1 aliphatic heterocycles. The van der Waals surface area contributed by atoms with Crippen LogP contribution in [0.15, 0.2) is 24.3 Å². The molecular formula is C21H28N4O2S. The monoisotopic (exact) mass is 400 g/mol. The maximum absolute atomic E-state index is 12.4. The lowest BCUT2D eigenvalue weighted by Gasteiger charge is -2.28. The summed E-state index contributed by atoms with van der Waals surface area (Å²) >= 11 is 5.25. The molecular weight excluding hydrogens is 372 g/mol. The molecule has 1 aromatic carbocycles. The fourth-order valence-electron chi connectivity index (χ4n) is 4.27. The molecule has 0 radical (unpaired) electrons. The van der Waals surface area contributed by atoms with Crippen molar-refractivity contribution in [2.75, 3.05) is 25.0 Å². The Morgan fingerprint density at radius 2 is 2.00 bits per heavy atom. The molecule has 2 aliphatic rings. The molecule has 0 bridgehead atoms. The molecule has 1 atom stereocenters. The lowest BCUT2D eigenvalue weighted by atomic mass is 9.81. The first kappa shape index (κ1) is 19.3. The van der Waals surface area contributed by atoms with Gasteiger partial charge in [-0.15, -0.1) is 0 Å². The van der Waals surface area contributed by atoms with Crippen molar-refractivity contribution in [3.05, 3.63) is 29.0 Å². The molecule has 150 valence electrons. The van der Waals surface area contributed by atoms with Crippen LogP contribution in [0.5, 0.6) is 0 Å². The molecule has 2 heterocycles. The van der Waals surface area contributed by atoms with Gasteiger partial charge in [0.25, 0.3) is 0 Å². The molecule has 0 spiro atoms. The van der Waals surface area contributed by atoms with E-state index in [0.29, 0.717) is 17.2 Å². The number of amides is 1. The number of rotatable bonds is 6. The van der Waals surface area contributed by atoms with Gasteiger partial charge in [-0.05, 0) is 68.8 Å². The van der Waals surface area contributed by atoms with E-state index in [-0.39, 0.29) is 17.9 Å². The van der Waals surface area contributed by atoms with Crippen LogP contribution in [-0.2, 0) is 9.53 Å². The van der Waals surface area contributed by atoms with Crippen LogP contribution in [0.3, 0.4) is 0 Å². The van der Waals surface area contributed by atoms with Gasteiger partial charge in [0.05, 0.1) is 11.6 Å². The number of carbonyl (C=O) groups excluding carboxylic acids is 1. The average Bonchev–Trinajstić information content (AvgIpc) is 3.24. The Hall–Kier alpha value is -1.99. The summed E-state index contributed by atoms with van der Waals surface area (Å²) in [6.07, 6.45) is 6.40. The third-order valence-electron chi connectivity index (χ3n) is 5.94. The predicted molar refractivity (Wildman–Crippen MR) is 113 cm³/mol. The largest absolute Gasteiger partial charge is 0.376 e. The summed E-state index contributed by atoms with van der Waals surface area (Å²) in [5.74, 6) is 1.74. The van der Waals surface area contributed by atoms with Gasteiger partial charge < -0.3 is 20.4 Å². The molecule has 28 heavy (non-hydrogen) atoms. The van der Waals surface area contributed by atoms with Crippen molar-refractivity contribution >= 4 is 34.8 Å². The Morgan fingerprint density at radius 1 is 1.18 bits per heavy atom. The zero-order valence-electron chi connectivity index (χ0n) is 16.1. The Morgan fingerprint density at radius 3 is 2.79 bits per heavy atom. The lowest BCUT2D eigenvalue weighted by Crippen LogP contribution is -2.38. The van der Waals surface area contributed by atoms with E-state index < -0.39 is 0 Å². The number of nitrogens with zero attached hydrogens (tertiary/aromatic N) is 1. The molecule has 3 N–H and O–H groups in total. The van der Waals surface area contributed by atoms with Gasteiger partial charge in [-0.2, -0.15) is 0 Å². The first-order valence-corrected chi connectivity index (χ1v) is 10.7. The number of benzene rings is 1. The first-order valence-electron chi connectivity index (χ1n) is 10.3. The summed E-state index contributed by atoms with van der Waals surface area (Å²) in [7, 11) is 0. The minimum Gasteiger partial charge on any atom is -0.376 e. The molecule has 1 saturated carbocycles. The molecule has 7 heteroatoms. The van der Waals surface area contributed by atoms with E-state index >= 15 is 0 Å². The highest BCUT2D eigenvalue weighted by Crippen LogP contribution is 2.30. The Labute approximate surface area is 170 Å². The van der Waals surface area contributed by atoms with E-state index in [2.05, 4.69) is 20.6 Å². The number of aromatic amines is 1. The number of ether oxygens (including phenoxy) is 1. The number of nitrogens with one attached hydrogen (secondary N) is 3. The van der Waals surface area contributed by atoms with Crippen LogP contribution in [0.25, 0.3) is 10.9 Å². The molecule has 1 amide bonds. The second-order valence-electron chi connectivity index (χ2n) is 7.91. The van der Waals surface area contributed by atoms with E-state index in [9.17, 15) is 4.79 Å². The van der Waals surface area contributed by atoms with Crippen molar-refractivity contribution in [3.8, 4) is 0 Å². The van der Waals surface area contributed by atoms with Crippen molar-refractivity contribution in [3.63, 3.8) is 0 Å². The van der Waals surface area contributed by atoms with Gasteiger partial charge in [0.2, 0.25) is 5.91 Å². The molecule has 4 rings (SSSR count). The maximum atomic E-state index is 12.4. The summed E-state index contributed by atoms with van der Waals surface area (Å²) in [6.45, 7) is 2.35. The van der Waals surface area contributed by atoms with E-state index in [0.717, 1.165) is 68.4 Å². The normalized spacial score (nSPS) is 24.9. The van der Waals surface area contributed by atoms with E-state index in [1.165, 1.54) is 0 Å². The van der Waals surface area contributed by atoms with E-state index in [1.807, 2.05) is 24.3 Å². The molecule has 0 unspecified atom stereocenters. The van der Waals surface area contributed by atoms with Crippen LogP contribution in [0.1, 0.15) is 38.5 Å². The summed E-state index contributed by atoms with van der Waals surface area (Å²) < 4.78 is 6.08. The number of hydrogen-bond donors (Lipinski definition) is 3. The predicted octanol–water partition coefficient (Wildman–Crippen LogP) is 3.81. The van der Waals surface area contributed by atoms with Crippen LogP contribution in [0.2, 0.25) is 0 Å². The summed E-state index contributed by atoms with van der Waals surface area (Å²) in [4.78, 5) is 20.0. The zero-order valence-corrected chi connectivity index (χ0v) is 16.9. The number of fused-ring (bicyclic) bond motifs is 1. The Kier molecular flexibility index (Phi) is 6.22. The number of anilines is 1. The number of hydrogen-bond acceptors (Lipinski definition) is 5.